The number of aryl methyl sites for hydroxylation is 1. The van der Waals surface area contributed by atoms with E-state index < -0.39 is 21.7 Å². The number of sulfonamides is 1. The third kappa shape index (κ3) is 3.97. The monoisotopic (exact) mass is 335 g/mol. The molecule has 0 saturated heterocycles. The zero-order valence-electron chi connectivity index (χ0n) is 9.95. The van der Waals surface area contributed by atoms with Gasteiger partial charge in [0.15, 0.2) is 0 Å². The number of anilines is 2. The van der Waals surface area contributed by atoms with E-state index in [1.165, 1.54) is 7.05 Å². The number of carbonyl (C=O) groups excluding carboxylic acids is 1. The molecule has 0 spiro atoms. The van der Waals surface area contributed by atoms with Crippen molar-refractivity contribution in [3.05, 3.63) is 22.2 Å². The second-order valence-electron chi connectivity index (χ2n) is 3.70. The Hall–Kier alpha value is -1.12. The number of benzene rings is 1. The highest BCUT2D eigenvalue weighted by Crippen LogP contribution is 2.27. The first-order chi connectivity index (χ1) is 8.25. The maximum atomic E-state index is 11.6. The second kappa shape index (κ2) is 5.68. The Morgan fingerprint density at radius 3 is 2.61 bits per heavy atom. The Kier molecular flexibility index (Phi) is 4.71. The van der Waals surface area contributed by atoms with Crippen molar-refractivity contribution in [1.82, 2.24) is 4.72 Å². The summed E-state index contributed by atoms with van der Waals surface area (Å²) in [5.41, 5.74) is 7.38. The molecule has 0 aromatic heterocycles. The number of carbonyl (C=O) groups is 1. The van der Waals surface area contributed by atoms with E-state index in [1.54, 1.807) is 19.1 Å². The summed E-state index contributed by atoms with van der Waals surface area (Å²) in [4.78, 5) is 11.6. The van der Waals surface area contributed by atoms with Crippen LogP contribution in [0.4, 0.5) is 11.4 Å². The summed E-state index contributed by atoms with van der Waals surface area (Å²) < 4.78 is 25.2. The van der Waals surface area contributed by atoms with Gasteiger partial charge in [-0.3, -0.25) is 4.79 Å². The Morgan fingerprint density at radius 2 is 2.06 bits per heavy atom. The first-order valence-corrected chi connectivity index (χ1v) is 7.46. The average Bonchev–Trinajstić information content (AvgIpc) is 2.24. The molecule has 0 radical (unpaired) electrons. The Morgan fingerprint density at radius 1 is 1.44 bits per heavy atom. The Bertz CT molecular complexity index is 572. The molecule has 0 aliphatic carbocycles. The van der Waals surface area contributed by atoms with Crippen LogP contribution in [0.25, 0.3) is 0 Å². The summed E-state index contributed by atoms with van der Waals surface area (Å²) in [6.45, 7) is 1.79. The van der Waals surface area contributed by atoms with Crippen LogP contribution < -0.4 is 15.8 Å². The van der Waals surface area contributed by atoms with Crippen LogP contribution in [-0.2, 0) is 14.8 Å². The summed E-state index contributed by atoms with van der Waals surface area (Å²) in [5.74, 6) is -1.29. The Balaban J connectivity index is 2.89. The van der Waals surface area contributed by atoms with Crippen LogP contribution >= 0.6 is 15.9 Å². The maximum absolute atomic E-state index is 11.6. The van der Waals surface area contributed by atoms with Gasteiger partial charge in [-0.1, -0.05) is 15.9 Å². The maximum Gasteiger partial charge on any atom is 0.241 e. The number of nitrogens with one attached hydrogen (secondary N) is 2. The quantitative estimate of drug-likeness (QED) is 0.709. The molecule has 1 aromatic rings. The van der Waals surface area contributed by atoms with Crippen molar-refractivity contribution in [3.63, 3.8) is 0 Å². The van der Waals surface area contributed by atoms with E-state index >= 15 is 0 Å². The molecule has 8 heteroatoms. The molecule has 0 aliphatic heterocycles. The van der Waals surface area contributed by atoms with Crippen LogP contribution in [0, 0.1) is 6.92 Å². The van der Waals surface area contributed by atoms with Gasteiger partial charge in [0.2, 0.25) is 15.9 Å². The largest absolute Gasteiger partial charge is 0.397 e. The molecule has 0 heterocycles. The second-order valence-corrected chi connectivity index (χ2v) is 6.54. The zero-order valence-corrected chi connectivity index (χ0v) is 12.4. The molecule has 18 heavy (non-hydrogen) atoms. The molecule has 0 atom stereocenters. The lowest BCUT2D eigenvalue weighted by atomic mass is 10.2. The molecule has 1 rings (SSSR count). The summed E-state index contributed by atoms with van der Waals surface area (Å²) in [6.07, 6.45) is 0. The van der Waals surface area contributed by atoms with Crippen LogP contribution in [0.2, 0.25) is 0 Å². The standard InChI is InChI=1S/C10H14BrN3O3S/c1-6-3-7(11)4-8(10(6)12)14-9(15)5-18(16,17)13-2/h3-4,13H,5,12H2,1-2H3,(H,14,15). The molecular formula is C10H14BrN3O3S. The van der Waals surface area contributed by atoms with Crippen LogP contribution in [0.3, 0.4) is 0 Å². The van der Waals surface area contributed by atoms with Crippen LogP contribution in [0.5, 0.6) is 0 Å². The van der Waals surface area contributed by atoms with E-state index in [-0.39, 0.29) is 0 Å². The fraction of sp³-hybridized carbons (Fsp3) is 0.300. The molecule has 1 aromatic carbocycles. The molecule has 100 valence electrons. The van der Waals surface area contributed by atoms with Crippen LogP contribution in [0.1, 0.15) is 5.56 Å². The third-order valence-corrected chi connectivity index (χ3v) is 3.98. The molecule has 0 saturated carbocycles. The van der Waals surface area contributed by atoms with E-state index in [4.69, 9.17) is 5.73 Å². The lowest BCUT2D eigenvalue weighted by Gasteiger charge is -2.11. The van der Waals surface area contributed by atoms with Crippen molar-refractivity contribution in [2.75, 3.05) is 23.9 Å². The molecule has 0 fully saturated rings. The van der Waals surface area contributed by atoms with E-state index in [0.717, 1.165) is 10.0 Å². The van der Waals surface area contributed by atoms with Gasteiger partial charge in [0.1, 0.15) is 5.75 Å². The van der Waals surface area contributed by atoms with Crippen molar-refractivity contribution < 1.29 is 13.2 Å². The van der Waals surface area contributed by atoms with Gasteiger partial charge >= 0.3 is 0 Å². The number of rotatable bonds is 4. The van der Waals surface area contributed by atoms with Crippen molar-refractivity contribution in [1.29, 1.82) is 0 Å². The van der Waals surface area contributed by atoms with Gasteiger partial charge in [-0.25, -0.2) is 13.1 Å². The molecule has 6 nitrogen and oxygen atoms in total. The number of nitrogen functional groups attached to an aromatic ring is 1. The first kappa shape index (κ1) is 14.9. The van der Waals surface area contributed by atoms with Gasteiger partial charge in [-0.2, -0.15) is 0 Å². The van der Waals surface area contributed by atoms with Gasteiger partial charge in [0.05, 0.1) is 11.4 Å². The lowest BCUT2D eigenvalue weighted by molar-refractivity contribution is -0.113. The molecule has 1 amide bonds. The highest BCUT2D eigenvalue weighted by atomic mass is 79.9. The number of hydrogen-bond donors (Lipinski definition) is 3. The zero-order chi connectivity index (χ0) is 13.9. The molecule has 0 aliphatic rings. The fourth-order valence-corrected chi connectivity index (χ4v) is 2.42. The Labute approximate surface area is 114 Å². The van der Waals surface area contributed by atoms with Crippen LogP contribution in [-0.4, -0.2) is 27.1 Å². The van der Waals surface area contributed by atoms with Gasteiger partial charge in [-0.15, -0.1) is 0 Å². The lowest BCUT2D eigenvalue weighted by Crippen LogP contribution is -2.30. The summed E-state index contributed by atoms with van der Waals surface area (Å²) in [6, 6.07) is 3.42. The summed E-state index contributed by atoms with van der Waals surface area (Å²) in [5, 5.41) is 2.47. The molecule has 4 N–H and O–H groups in total. The van der Waals surface area contributed by atoms with Crippen molar-refractivity contribution in [3.8, 4) is 0 Å². The minimum absolute atomic E-state index is 0.387. The smallest absolute Gasteiger partial charge is 0.241 e. The topological polar surface area (TPSA) is 101 Å². The van der Waals surface area contributed by atoms with Gasteiger partial charge in [0.25, 0.3) is 0 Å². The van der Waals surface area contributed by atoms with E-state index in [9.17, 15) is 13.2 Å². The van der Waals surface area contributed by atoms with Crippen molar-refractivity contribution in [2.45, 2.75) is 6.92 Å². The van der Waals surface area contributed by atoms with Crippen molar-refractivity contribution >= 4 is 43.2 Å². The number of hydrogen-bond acceptors (Lipinski definition) is 4. The van der Waals surface area contributed by atoms with Crippen LogP contribution in [0.15, 0.2) is 16.6 Å². The SMILES string of the molecule is CNS(=O)(=O)CC(=O)Nc1cc(Br)cc(C)c1N. The average molecular weight is 336 g/mol. The van der Waals surface area contributed by atoms with Gasteiger partial charge in [-0.05, 0) is 31.7 Å². The molecular weight excluding hydrogens is 322 g/mol. The van der Waals surface area contributed by atoms with Crippen molar-refractivity contribution in [2.24, 2.45) is 0 Å². The number of nitrogens with two attached hydrogens (primary N) is 1. The minimum Gasteiger partial charge on any atom is -0.397 e. The van der Waals surface area contributed by atoms with Gasteiger partial charge < -0.3 is 11.1 Å². The minimum atomic E-state index is -3.59. The van der Waals surface area contributed by atoms with E-state index in [2.05, 4.69) is 26.0 Å². The highest BCUT2D eigenvalue weighted by Gasteiger charge is 2.15. The molecule has 0 unspecified atom stereocenters. The predicted molar refractivity (Wildman–Crippen MR) is 74.8 cm³/mol. The summed E-state index contributed by atoms with van der Waals surface area (Å²) in [7, 11) is -2.34. The highest BCUT2D eigenvalue weighted by molar-refractivity contribution is 9.10. The molecule has 0 bridgehead atoms. The fourth-order valence-electron chi connectivity index (χ4n) is 1.29. The van der Waals surface area contributed by atoms with E-state index in [0.29, 0.717) is 11.4 Å². The predicted octanol–water partition coefficient (Wildman–Crippen LogP) is 0.827. The summed E-state index contributed by atoms with van der Waals surface area (Å²) >= 11 is 3.27. The first-order valence-electron chi connectivity index (χ1n) is 5.02. The number of amides is 1. The van der Waals surface area contributed by atoms with Gasteiger partial charge in [0, 0.05) is 4.47 Å². The number of halogens is 1. The normalized spacial score (nSPS) is 11.3. The third-order valence-electron chi connectivity index (χ3n) is 2.26. The van der Waals surface area contributed by atoms with E-state index in [1.807, 2.05) is 0 Å².